The summed E-state index contributed by atoms with van der Waals surface area (Å²) in [4.78, 5) is 0.0181. The normalized spacial score (nSPS) is 26.7. The average Bonchev–Trinajstić information content (AvgIpc) is 3.47. The number of ether oxygens (including phenoxy) is 2. The van der Waals surface area contributed by atoms with E-state index in [-0.39, 0.29) is 40.3 Å². The van der Waals surface area contributed by atoms with Crippen molar-refractivity contribution in [2.75, 3.05) is 4.72 Å². The molecule has 1 N–H and O–H groups in total. The first-order valence-electron chi connectivity index (χ1n) is 12.4. The number of benzene rings is 2. The van der Waals surface area contributed by atoms with Crippen LogP contribution in [0.1, 0.15) is 59.9 Å². The third-order valence-electron chi connectivity index (χ3n) is 7.81. The Bertz CT molecular complexity index is 1610. The minimum absolute atomic E-state index is 0.0181. The highest BCUT2D eigenvalue weighted by molar-refractivity contribution is 7.92. The number of sulfonamides is 1. The Kier molecular flexibility index (Phi) is 5.76. The Hall–Kier alpha value is -2.61. The molecule has 8 nitrogen and oxygen atoms in total. The molecule has 4 unspecified atom stereocenters. The number of fused-ring (bicyclic) bond motifs is 9. The van der Waals surface area contributed by atoms with Gasteiger partial charge in [0.15, 0.2) is 11.5 Å². The Morgan fingerprint density at radius 3 is 2.08 bits per heavy atom. The minimum atomic E-state index is -6.00. The molecule has 2 aromatic carbocycles. The van der Waals surface area contributed by atoms with Crippen LogP contribution in [0.3, 0.4) is 0 Å². The van der Waals surface area contributed by atoms with Gasteiger partial charge in [-0.1, -0.05) is 29.8 Å². The Morgan fingerprint density at radius 2 is 1.49 bits per heavy atom. The second-order valence-corrected chi connectivity index (χ2v) is 14.0. The molecule has 2 fully saturated rings. The third-order valence-corrected chi connectivity index (χ3v) is 10.1. The number of allylic oxidation sites excluding steroid dienone is 2. The number of hydrogen-bond donors (Lipinski definition) is 1. The van der Waals surface area contributed by atoms with Crippen LogP contribution in [0.5, 0.6) is 5.75 Å². The first-order chi connectivity index (χ1) is 18.1. The fourth-order valence-corrected chi connectivity index (χ4v) is 7.91. The lowest BCUT2D eigenvalue weighted by Crippen LogP contribution is -2.33. The summed E-state index contributed by atoms with van der Waals surface area (Å²) in [5.41, 5.74) is -3.33. The zero-order valence-corrected chi connectivity index (χ0v) is 22.8. The number of anilines is 1. The first kappa shape index (κ1) is 26.6. The molecule has 2 bridgehead atoms. The smallest absolute Gasteiger partial charge is 0.375 e. The first-order valence-corrected chi connectivity index (χ1v) is 15.3. The zero-order chi connectivity index (χ0) is 28.1. The van der Waals surface area contributed by atoms with Crippen LogP contribution in [-0.4, -0.2) is 40.3 Å². The maximum atomic E-state index is 13.5. The van der Waals surface area contributed by atoms with E-state index in [0.29, 0.717) is 17.5 Å². The van der Waals surface area contributed by atoms with Gasteiger partial charge in [0.1, 0.15) is 0 Å². The van der Waals surface area contributed by atoms with Crippen LogP contribution in [0.4, 0.5) is 18.9 Å². The summed E-state index contributed by atoms with van der Waals surface area (Å²) in [5, 5.41) is 0. The number of halogens is 3. The maximum absolute atomic E-state index is 13.5. The van der Waals surface area contributed by atoms with Crippen molar-refractivity contribution in [3.8, 4) is 5.75 Å². The van der Waals surface area contributed by atoms with E-state index in [4.69, 9.17) is 13.7 Å². The molecule has 4 atom stereocenters. The monoisotopic (exact) mass is 585 g/mol. The maximum Gasteiger partial charge on any atom is 0.534 e. The van der Waals surface area contributed by atoms with Crippen LogP contribution in [-0.2, 0) is 42.5 Å². The predicted molar refractivity (Wildman–Crippen MR) is 135 cm³/mol. The van der Waals surface area contributed by atoms with E-state index in [1.807, 2.05) is 6.92 Å². The van der Waals surface area contributed by atoms with E-state index in [2.05, 4.69) is 4.72 Å². The van der Waals surface area contributed by atoms with Crippen LogP contribution < -0.4 is 8.91 Å². The van der Waals surface area contributed by atoms with Gasteiger partial charge in [0, 0.05) is 23.0 Å². The van der Waals surface area contributed by atoms with Crippen molar-refractivity contribution in [2.24, 2.45) is 0 Å². The van der Waals surface area contributed by atoms with Crippen molar-refractivity contribution >= 4 is 25.8 Å². The van der Waals surface area contributed by atoms with Crippen molar-refractivity contribution in [1.82, 2.24) is 0 Å². The largest absolute Gasteiger partial charge is 0.534 e. The molecular formula is C26H26F3NO7S2. The fraction of sp³-hybridized carbons (Fsp3) is 0.462. The van der Waals surface area contributed by atoms with Crippen molar-refractivity contribution in [1.29, 1.82) is 0 Å². The molecule has 1 heterocycles. The second kappa shape index (κ2) is 8.45. The van der Waals surface area contributed by atoms with Gasteiger partial charge < -0.3 is 13.7 Å². The van der Waals surface area contributed by atoms with E-state index in [9.17, 15) is 30.0 Å². The summed E-state index contributed by atoms with van der Waals surface area (Å²) < 4.78 is 112. The molecule has 4 aliphatic rings. The van der Waals surface area contributed by atoms with Crippen LogP contribution in [0.2, 0.25) is 0 Å². The van der Waals surface area contributed by atoms with Crippen LogP contribution in [0.25, 0.3) is 0 Å². The van der Waals surface area contributed by atoms with Crippen molar-refractivity contribution < 1.29 is 43.7 Å². The Labute approximate surface area is 224 Å². The van der Waals surface area contributed by atoms with Crippen molar-refractivity contribution in [2.45, 2.75) is 80.3 Å². The van der Waals surface area contributed by atoms with Crippen molar-refractivity contribution in [3.63, 3.8) is 0 Å². The van der Waals surface area contributed by atoms with Crippen LogP contribution in [0, 0.1) is 6.92 Å². The molecule has 0 aromatic heterocycles. The molecule has 0 radical (unpaired) electrons. The van der Waals surface area contributed by atoms with Gasteiger partial charge in [-0.15, -0.1) is 0 Å². The lowest BCUT2D eigenvalue weighted by molar-refractivity contribution is -0.153. The highest BCUT2D eigenvalue weighted by Crippen LogP contribution is 2.64. The molecule has 39 heavy (non-hydrogen) atoms. The van der Waals surface area contributed by atoms with Gasteiger partial charge in [0.05, 0.1) is 22.8 Å². The summed E-state index contributed by atoms with van der Waals surface area (Å²) >= 11 is 0. The quantitative estimate of drug-likeness (QED) is 0.306. The van der Waals surface area contributed by atoms with Crippen LogP contribution >= 0.6 is 0 Å². The summed E-state index contributed by atoms with van der Waals surface area (Å²) in [6.45, 7) is 5.26. The molecule has 6 rings (SSSR count). The molecule has 1 saturated carbocycles. The molecule has 2 aromatic rings. The van der Waals surface area contributed by atoms with Gasteiger partial charge in [-0.05, 0) is 63.3 Å². The molecule has 0 amide bonds. The topological polar surface area (TPSA) is 108 Å². The lowest BCUT2D eigenvalue weighted by atomic mass is 9.80. The molecule has 210 valence electrons. The summed E-state index contributed by atoms with van der Waals surface area (Å²) in [6.07, 6.45) is 3.04. The van der Waals surface area contributed by atoms with Gasteiger partial charge >= 0.3 is 15.6 Å². The minimum Gasteiger partial charge on any atom is -0.375 e. The Balaban J connectivity index is 1.57. The number of nitrogens with one attached hydrogen (secondary N) is 1. The highest BCUT2D eigenvalue weighted by Gasteiger charge is 2.62. The highest BCUT2D eigenvalue weighted by atomic mass is 32.2. The standard InChI is InChI=1S/C26H26F3NO7S2/c1-13-8-10-14(11-9-13)38(31,32)30-21-15-6-4-5-7-16(15)22(37-39(33,34)26(27,28)29)20-18-12-17(19(20)21)23-24(18)36-25(2,3)35-23/h4-5,8-11,17-18,23-24,30H,6-7,12H2,1-3H3. The van der Waals surface area contributed by atoms with Crippen LogP contribution in [0.15, 0.2) is 41.3 Å². The summed E-state index contributed by atoms with van der Waals surface area (Å²) in [5.74, 6) is -2.36. The number of aryl methyl sites for hydroxylation is 1. The van der Waals surface area contributed by atoms with E-state index in [1.54, 1.807) is 38.1 Å². The summed E-state index contributed by atoms with van der Waals surface area (Å²) in [7, 11) is -10.1. The van der Waals surface area contributed by atoms with E-state index < -0.39 is 55.5 Å². The van der Waals surface area contributed by atoms with Gasteiger partial charge in [-0.25, -0.2) is 8.42 Å². The van der Waals surface area contributed by atoms with E-state index >= 15 is 0 Å². The zero-order valence-electron chi connectivity index (χ0n) is 21.2. The van der Waals surface area contributed by atoms with Gasteiger partial charge in [0.25, 0.3) is 10.0 Å². The Morgan fingerprint density at radius 1 is 0.923 bits per heavy atom. The average molecular weight is 586 g/mol. The number of hydrogen-bond acceptors (Lipinski definition) is 7. The third kappa shape index (κ3) is 4.16. The number of rotatable bonds is 5. The molecule has 3 aliphatic carbocycles. The van der Waals surface area contributed by atoms with E-state index in [1.165, 1.54) is 12.1 Å². The molecule has 0 spiro atoms. The van der Waals surface area contributed by atoms with Crippen molar-refractivity contribution in [3.05, 3.63) is 64.2 Å². The fourth-order valence-electron chi connectivity index (χ4n) is 6.29. The van der Waals surface area contributed by atoms with Gasteiger partial charge in [-0.2, -0.15) is 21.6 Å². The molecule has 13 heteroatoms. The van der Waals surface area contributed by atoms with E-state index in [0.717, 1.165) is 5.56 Å². The molecule has 1 saturated heterocycles. The molecular weight excluding hydrogens is 559 g/mol. The van der Waals surface area contributed by atoms with Gasteiger partial charge in [0.2, 0.25) is 0 Å². The second-order valence-electron chi connectivity index (χ2n) is 10.8. The lowest BCUT2D eigenvalue weighted by Gasteiger charge is -2.32. The summed E-state index contributed by atoms with van der Waals surface area (Å²) in [6, 6.07) is 6.26. The molecule has 1 aliphatic heterocycles. The number of alkyl halides is 3. The SMILES string of the molecule is Cc1ccc(S(=O)(=O)Nc2c3c(c(OS(=O)(=O)C(F)(F)F)c4c2C2CC4C4OC(C)(C)OC24)CC=CC3)cc1. The predicted octanol–water partition coefficient (Wildman–Crippen LogP) is 4.78. The van der Waals surface area contributed by atoms with Gasteiger partial charge in [-0.3, -0.25) is 4.72 Å².